The van der Waals surface area contributed by atoms with Gasteiger partial charge in [-0.25, -0.2) is 0 Å². The largest absolute Gasteiger partial charge is 0.497 e. The number of hydrogen-bond donors (Lipinski definition) is 0. The highest BCUT2D eigenvalue weighted by molar-refractivity contribution is 9.10. The molecule has 3 nitrogen and oxygen atoms in total. The van der Waals surface area contributed by atoms with E-state index in [0.717, 1.165) is 10.2 Å². The topological polar surface area (TPSA) is 35.5 Å². The summed E-state index contributed by atoms with van der Waals surface area (Å²) in [6.07, 6.45) is 0. The Morgan fingerprint density at radius 1 is 1.00 bits per heavy atom. The fourth-order valence-electron chi connectivity index (χ4n) is 1.76. The van der Waals surface area contributed by atoms with Crippen molar-refractivity contribution in [2.75, 3.05) is 14.2 Å². The van der Waals surface area contributed by atoms with Gasteiger partial charge in [-0.05, 0) is 42.5 Å². The van der Waals surface area contributed by atoms with Gasteiger partial charge in [0.2, 0.25) is 0 Å². The third-order valence-electron chi connectivity index (χ3n) is 2.76. The number of ether oxygens (including phenoxy) is 2. The van der Waals surface area contributed by atoms with Crippen LogP contribution in [0.25, 0.3) is 0 Å². The summed E-state index contributed by atoms with van der Waals surface area (Å²) in [6.45, 7) is 0. The van der Waals surface area contributed by atoms with E-state index >= 15 is 0 Å². The normalized spacial score (nSPS) is 10.1. The van der Waals surface area contributed by atoms with Gasteiger partial charge in [0, 0.05) is 10.0 Å². The molecule has 0 N–H and O–H groups in total. The summed E-state index contributed by atoms with van der Waals surface area (Å²) < 4.78 is 11.1. The van der Waals surface area contributed by atoms with Crippen molar-refractivity contribution in [3.63, 3.8) is 0 Å². The molecule has 2 aromatic rings. The minimum atomic E-state index is -0.0826. The van der Waals surface area contributed by atoms with Crippen LogP contribution in [0.15, 0.2) is 46.9 Å². The molecule has 0 atom stereocenters. The number of methoxy groups -OCH3 is 2. The van der Waals surface area contributed by atoms with E-state index < -0.39 is 0 Å². The van der Waals surface area contributed by atoms with E-state index in [9.17, 15) is 4.79 Å². The SMILES string of the molecule is COc1ccc(C(=O)c2cc(Br)ccc2OC)cc1. The van der Waals surface area contributed by atoms with E-state index in [0.29, 0.717) is 16.9 Å². The van der Waals surface area contributed by atoms with E-state index in [2.05, 4.69) is 15.9 Å². The molecule has 0 bridgehead atoms. The molecule has 0 fully saturated rings. The molecule has 2 rings (SSSR count). The van der Waals surface area contributed by atoms with Gasteiger partial charge in [-0.2, -0.15) is 0 Å². The predicted octanol–water partition coefficient (Wildman–Crippen LogP) is 3.70. The first-order valence-electron chi connectivity index (χ1n) is 5.68. The Bertz CT molecular complexity index is 591. The summed E-state index contributed by atoms with van der Waals surface area (Å²) in [5, 5.41) is 0. The van der Waals surface area contributed by atoms with Crippen molar-refractivity contribution < 1.29 is 14.3 Å². The number of ketones is 1. The first-order valence-corrected chi connectivity index (χ1v) is 6.47. The lowest BCUT2D eigenvalue weighted by atomic mass is 10.0. The Morgan fingerprint density at radius 3 is 2.26 bits per heavy atom. The molecule has 0 radical (unpaired) electrons. The van der Waals surface area contributed by atoms with Crippen LogP contribution >= 0.6 is 15.9 Å². The van der Waals surface area contributed by atoms with Crippen LogP contribution in [0, 0.1) is 0 Å². The van der Waals surface area contributed by atoms with Gasteiger partial charge in [0.25, 0.3) is 0 Å². The zero-order valence-electron chi connectivity index (χ0n) is 10.6. The molecule has 0 aliphatic rings. The van der Waals surface area contributed by atoms with E-state index in [1.54, 1.807) is 50.6 Å². The first kappa shape index (κ1) is 13.6. The first-order chi connectivity index (χ1) is 9.15. The maximum Gasteiger partial charge on any atom is 0.196 e. The Hall–Kier alpha value is -1.81. The summed E-state index contributed by atoms with van der Waals surface area (Å²) in [4.78, 5) is 12.4. The Balaban J connectivity index is 2.40. The van der Waals surface area contributed by atoms with E-state index in [-0.39, 0.29) is 5.78 Å². The van der Waals surface area contributed by atoms with Crippen LogP contribution in [-0.4, -0.2) is 20.0 Å². The lowest BCUT2D eigenvalue weighted by molar-refractivity contribution is 0.103. The molecule has 0 amide bonds. The molecule has 19 heavy (non-hydrogen) atoms. The van der Waals surface area contributed by atoms with Gasteiger partial charge in [-0.1, -0.05) is 15.9 Å². The van der Waals surface area contributed by atoms with Crippen molar-refractivity contribution in [3.8, 4) is 11.5 Å². The zero-order chi connectivity index (χ0) is 13.8. The van der Waals surface area contributed by atoms with Gasteiger partial charge in [-0.3, -0.25) is 4.79 Å². The molecule has 2 aromatic carbocycles. The maximum absolute atomic E-state index is 12.4. The van der Waals surface area contributed by atoms with Gasteiger partial charge < -0.3 is 9.47 Å². The number of benzene rings is 2. The highest BCUT2D eigenvalue weighted by atomic mass is 79.9. The summed E-state index contributed by atoms with van der Waals surface area (Å²) in [5.74, 6) is 1.20. The summed E-state index contributed by atoms with van der Waals surface area (Å²) in [7, 11) is 3.14. The third kappa shape index (κ3) is 2.96. The highest BCUT2D eigenvalue weighted by Gasteiger charge is 2.14. The second-order valence-corrected chi connectivity index (χ2v) is 4.82. The van der Waals surface area contributed by atoms with Gasteiger partial charge in [0.1, 0.15) is 11.5 Å². The van der Waals surface area contributed by atoms with Gasteiger partial charge in [0.05, 0.1) is 19.8 Å². The smallest absolute Gasteiger partial charge is 0.196 e. The molecule has 0 aromatic heterocycles. The average molecular weight is 321 g/mol. The minimum Gasteiger partial charge on any atom is -0.497 e. The number of halogens is 1. The van der Waals surface area contributed by atoms with Crippen LogP contribution in [0.1, 0.15) is 15.9 Å². The molecule has 0 aliphatic heterocycles. The molecular weight excluding hydrogens is 308 g/mol. The molecule has 0 aliphatic carbocycles. The number of carbonyl (C=O) groups is 1. The molecule has 0 spiro atoms. The molecule has 0 unspecified atom stereocenters. The lowest BCUT2D eigenvalue weighted by Gasteiger charge is -2.08. The zero-order valence-corrected chi connectivity index (χ0v) is 12.2. The number of rotatable bonds is 4. The highest BCUT2D eigenvalue weighted by Crippen LogP contribution is 2.26. The van der Waals surface area contributed by atoms with Crippen molar-refractivity contribution in [2.24, 2.45) is 0 Å². The van der Waals surface area contributed by atoms with Crippen molar-refractivity contribution >= 4 is 21.7 Å². The quantitative estimate of drug-likeness (QED) is 0.806. The van der Waals surface area contributed by atoms with Crippen molar-refractivity contribution in [3.05, 3.63) is 58.1 Å². The van der Waals surface area contributed by atoms with Gasteiger partial charge >= 0.3 is 0 Å². The summed E-state index contributed by atoms with van der Waals surface area (Å²) >= 11 is 3.36. The predicted molar refractivity (Wildman–Crippen MR) is 77.1 cm³/mol. The van der Waals surface area contributed by atoms with E-state index in [1.807, 2.05) is 6.07 Å². The van der Waals surface area contributed by atoms with Crippen molar-refractivity contribution in [2.45, 2.75) is 0 Å². The Morgan fingerprint density at radius 2 is 1.68 bits per heavy atom. The molecule has 4 heteroatoms. The summed E-state index contributed by atoms with van der Waals surface area (Å²) in [6, 6.07) is 12.4. The summed E-state index contributed by atoms with van der Waals surface area (Å²) in [5.41, 5.74) is 1.12. The van der Waals surface area contributed by atoms with Crippen LogP contribution in [-0.2, 0) is 0 Å². The van der Waals surface area contributed by atoms with Crippen molar-refractivity contribution in [1.82, 2.24) is 0 Å². The van der Waals surface area contributed by atoms with Crippen LogP contribution < -0.4 is 9.47 Å². The lowest BCUT2D eigenvalue weighted by Crippen LogP contribution is -2.04. The second kappa shape index (κ2) is 5.89. The second-order valence-electron chi connectivity index (χ2n) is 3.90. The van der Waals surface area contributed by atoms with Crippen molar-refractivity contribution in [1.29, 1.82) is 0 Å². The van der Waals surface area contributed by atoms with Crippen LogP contribution in [0.5, 0.6) is 11.5 Å². The van der Waals surface area contributed by atoms with E-state index in [4.69, 9.17) is 9.47 Å². The fraction of sp³-hybridized carbons (Fsp3) is 0.133. The number of carbonyl (C=O) groups excluding carboxylic acids is 1. The maximum atomic E-state index is 12.4. The van der Waals surface area contributed by atoms with Crippen LogP contribution in [0.2, 0.25) is 0 Å². The van der Waals surface area contributed by atoms with Gasteiger partial charge in [-0.15, -0.1) is 0 Å². The van der Waals surface area contributed by atoms with Crippen LogP contribution in [0.4, 0.5) is 0 Å². The Labute approximate surface area is 120 Å². The molecule has 98 valence electrons. The average Bonchev–Trinajstić information content (AvgIpc) is 2.46. The monoisotopic (exact) mass is 320 g/mol. The minimum absolute atomic E-state index is 0.0826. The number of hydrogen-bond acceptors (Lipinski definition) is 3. The van der Waals surface area contributed by atoms with Crippen LogP contribution in [0.3, 0.4) is 0 Å². The molecule has 0 saturated heterocycles. The standard InChI is InChI=1S/C15H13BrO3/c1-18-12-6-3-10(4-7-12)15(17)13-9-11(16)5-8-14(13)19-2/h3-9H,1-2H3. The van der Waals surface area contributed by atoms with Gasteiger partial charge in [0.15, 0.2) is 5.78 Å². The molecule has 0 heterocycles. The van der Waals surface area contributed by atoms with E-state index in [1.165, 1.54) is 0 Å². The fourth-order valence-corrected chi connectivity index (χ4v) is 2.12. The molecular formula is C15H13BrO3. The third-order valence-corrected chi connectivity index (χ3v) is 3.25. The molecule has 0 saturated carbocycles. The Kier molecular flexibility index (Phi) is 4.22.